The molecule has 0 spiro atoms. The van der Waals surface area contributed by atoms with E-state index in [1.807, 2.05) is 13.8 Å². The van der Waals surface area contributed by atoms with E-state index in [2.05, 4.69) is 79.7 Å². The van der Waals surface area contributed by atoms with E-state index in [1.165, 1.54) is 6.04 Å². The Morgan fingerprint density at radius 2 is 1.12 bits per heavy atom. The van der Waals surface area contributed by atoms with Crippen LogP contribution in [0.5, 0.6) is 0 Å². The van der Waals surface area contributed by atoms with Crippen LogP contribution in [0.4, 0.5) is 0 Å². The van der Waals surface area contributed by atoms with Gasteiger partial charge in [0.2, 0.25) is 0 Å². The van der Waals surface area contributed by atoms with E-state index in [0.29, 0.717) is 0 Å². The van der Waals surface area contributed by atoms with Crippen molar-refractivity contribution in [3.63, 3.8) is 0 Å². The van der Waals surface area contributed by atoms with Crippen LogP contribution in [0.1, 0.15) is 47.5 Å². The van der Waals surface area contributed by atoms with Crippen molar-refractivity contribution in [2.75, 3.05) is 0 Å². The van der Waals surface area contributed by atoms with E-state index in [4.69, 9.17) is 4.74 Å². The lowest BCUT2D eigenvalue weighted by atomic mass is 9.90. The topological polar surface area (TPSA) is 26.3 Å². The Kier molecular flexibility index (Phi) is 8.09. The molecule has 0 N–H and O–H groups in total. The fourth-order valence-electron chi connectivity index (χ4n) is 5.57. The molecule has 0 aromatic heterocycles. The second kappa shape index (κ2) is 7.99. The van der Waals surface area contributed by atoms with Crippen LogP contribution in [0.2, 0.25) is 65.0 Å². The third-order valence-corrected chi connectivity index (χ3v) is 81.2. The summed E-state index contributed by atoms with van der Waals surface area (Å²) in [4.78, 5) is 12.6. The molecule has 0 aliphatic rings. The van der Waals surface area contributed by atoms with Crippen molar-refractivity contribution in [1.29, 1.82) is 0 Å². The zero-order chi connectivity index (χ0) is 21.4. The Morgan fingerprint density at radius 1 is 0.769 bits per heavy atom. The molecule has 2 nitrogen and oxygen atoms in total. The third kappa shape index (κ3) is 5.67. The summed E-state index contributed by atoms with van der Waals surface area (Å²) in [7, 11) is -3.81. The van der Waals surface area contributed by atoms with Gasteiger partial charge in [-0.25, -0.2) is 0 Å². The lowest BCUT2D eigenvalue weighted by molar-refractivity contribution is -0.167. The molecule has 0 heterocycles. The molecule has 156 valence electrons. The molecule has 6 heteroatoms. The minimum Gasteiger partial charge on any atom is -0.459 e. The average molecular weight is 433 g/mol. The van der Waals surface area contributed by atoms with Crippen molar-refractivity contribution in [2.24, 2.45) is 5.41 Å². The standard InChI is InChI=1S/C20H48O2Si4/c1-15-19(2,3)18(21)22-20(4,5)16-17-26(23(6,7)8,24(9,10)11)25(12,13)14/h15-17H2,1-14H3. The molecule has 0 aromatic carbocycles. The van der Waals surface area contributed by atoms with Gasteiger partial charge < -0.3 is 4.74 Å². The van der Waals surface area contributed by atoms with E-state index in [-0.39, 0.29) is 17.0 Å². The van der Waals surface area contributed by atoms with Gasteiger partial charge in [-0.1, -0.05) is 71.9 Å². The molecule has 0 amide bonds. The molecule has 0 bridgehead atoms. The van der Waals surface area contributed by atoms with Crippen molar-refractivity contribution in [2.45, 2.75) is 118 Å². The molecule has 0 saturated heterocycles. The van der Waals surface area contributed by atoms with Crippen molar-refractivity contribution >= 4 is 35.4 Å². The lowest BCUT2D eigenvalue weighted by Gasteiger charge is -2.58. The zero-order valence-corrected chi connectivity index (χ0v) is 24.4. The SMILES string of the molecule is CCC(C)(C)C(=O)OC(C)(C)CC[Si]([Si](C)(C)C)([Si](C)(C)C)[Si](C)(C)C. The molecule has 0 aromatic rings. The smallest absolute Gasteiger partial charge is 0.312 e. The van der Waals surface area contributed by atoms with E-state index in [9.17, 15) is 4.79 Å². The molecular weight excluding hydrogens is 385 g/mol. The molecule has 0 aliphatic carbocycles. The fraction of sp³-hybridized carbons (Fsp3) is 0.950. The first-order valence-corrected chi connectivity index (χ1v) is 26.1. The fourth-order valence-corrected chi connectivity index (χ4v) is 104. The molecule has 0 atom stereocenters. The van der Waals surface area contributed by atoms with Crippen LogP contribution in [0.3, 0.4) is 0 Å². The van der Waals surface area contributed by atoms with Crippen LogP contribution in [0.15, 0.2) is 0 Å². The molecule has 26 heavy (non-hydrogen) atoms. The van der Waals surface area contributed by atoms with Crippen molar-refractivity contribution < 1.29 is 9.53 Å². The van der Waals surface area contributed by atoms with Gasteiger partial charge in [0.25, 0.3) is 0 Å². The normalized spacial score (nSPS) is 15.2. The summed E-state index contributed by atoms with van der Waals surface area (Å²) in [5.41, 5.74) is -0.747. The van der Waals surface area contributed by atoms with Crippen LogP contribution >= 0.6 is 0 Å². The van der Waals surface area contributed by atoms with Gasteiger partial charge in [-0.3, -0.25) is 4.79 Å². The molecule has 0 aliphatic heterocycles. The monoisotopic (exact) mass is 432 g/mol. The van der Waals surface area contributed by atoms with Gasteiger partial charge in [0.1, 0.15) is 5.60 Å². The van der Waals surface area contributed by atoms with Crippen molar-refractivity contribution in [1.82, 2.24) is 0 Å². The van der Waals surface area contributed by atoms with Gasteiger partial charge in [0, 0.05) is 29.4 Å². The minimum atomic E-state index is -1.39. The number of rotatable bonds is 9. The van der Waals surface area contributed by atoms with Crippen LogP contribution in [-0.4, -0.2) is 41.0 Å². The maximum absolute atomic E-state index is 12.6. The summed E-state index contributed by atoms with van der Waals surface area (Å²) in [6, 6.07) is 1.35. The summed E-state index contributed by atoms with van der Waals surface area (Å²) in [5.74, 6) is -0.0359. The molecule has 0 unspecified atom stereocenters. The van der Waals surface area contributed by atoms with E-state index >= 15 is 0 Å². The second-order valence-electron chi connectivity index (χ2n) is 12.5. The summed E-state index contributed by atoms with van der Waals surface area (Å²) >= 11 is 0. The largest absolute Gasteiger partial charge is 0.459 e. The van der Waals surface area contributed by atoms with Crippen LogP contribution in [-0.2, 0) is 9.53 Å². The summed E-state index contributed by atoms with van der Waals surface area (Å²) in [6.07, 6.45) is 1.85. The lowest BCUT2D eigenvalue weighted by Crippen LogP contribution is -2.82. The Bertz CT molecular complexity index is 455. The molecule has 0 saturated carbocycles. The van der Waals surface area contributed by atoms with Gasteiger partial charge in [-0.05, 0) is 40.5 Å². The first-order valence-electron chi connectivity index (χ1n) is 10.4. The average Bonchev–Trinajstić information content (AvgIpc) is 2.33. The first-order chi connectivity index (χ1) is 11.1. The Hall–Kier alpha value is 0.338. The molecule has 0 radical (unpaired) electrons. The number of esters is 1. The second-order valence-corrected chi connectivity index (χ2v) is 54.0. The van der Waals surface area contributed by atoms with Gasteiger partial charge in [-0.2, -0.15) is 0 Å². The van der Waals surface area contributed by atoms with Crippen LogP contribution in [0.25, 0.3) is 0 Å². The van der Waals surface area contributed by atoms with Gasteiger partial charge >= 0.3 is 5.97 Å². The number of hydrogen-bond donors (Lipinski definition) is 0. The highest BCUT2D eigenvalue weighted by Crippen LogP contribution is 2.42. The highest BCUT2D eigenvalue weighted by atomic mass is 29.9. The van der Waals surface area contributed by atoms with Gasteiger partial charge in [0.05, 0.1) is 5.41 Å². The highest BCUT2D eigenvalue weighted by molar-refractivity contribution is 7.89. The predicted molar refractivity (Wildman–Crippen MR) is 129 cm³/mol. The Morgan fingerprint density at radius 3 is 1.38 bits per heavy atom. The summed E-state index contributed by atoms with van der Waals surface area (Å²) in [6.45, 7) is 32.6. The minimum absolute atomic E-state index is 0.0359. The Labute approximate surface area is 168 Å². The highest BCUT2D eigenvalue weighted by Gasteiger charge is 2.61. The van der Waals surface area contributed by atoms with Crippen LogP contribution in [0, 0.1) is 5.41 Å². The molecule has 0 rings (SSSR count). The number of carbonyl (C=O) groups excluding carboxylic acids is 1. The molecule has 0 fully saturated rings. The number of ether oxygens (including phenoxy) is 1. The first kappa shape index (κ1) is 26.3. The van der Waals surface area contributed by atoms with Gasteiger partial charge in [-0.15, -0.1) is 0 Å². The number of carbonyl (C=O) groups is 1. The van der Waals surface area contributed by atoms with E-state index < -0.39 is 29.4 Å². The zero-order valence-electron chi connectivity index (χ0n) is 20.4. The predicted octanol–water partition coefficient (Wildman–Crippen LogP) is 6.83. The Balaban J connectivity index is 5.75. The quantitative estimate of drug-likeness (QED) is 0.294. The van der Waals surface area contributed by atoms with Crippen LogP contribution < -0.4 is 0 Å². The maximum Gasteiger partial charge on any atom is 0.312 e. The number of hydrogen-bond acceptors (Lipinski definition) is 2. The van der Waals surface area contributed by atoms with E-state index in [0.717, 1.165) is 12.8 Å². The van der Waals surface area contributed by atoms with Gasteiger partial charge in [0.15, 0.2) is 0 Å². The molecular formula is C20H48O2Si4. The summed E-state index contributed by atoms with van der Waals surface area (Å²) in [5, 5.41) is 0. The van der Waals surface area contributed by atoms with Crippen molar-refractivity contribution in [3.05, 3.63) is 0 Å². The summed E-state index contributed by atoms with van der Waals surface area (Å²) < 4.78 is 6.06. The maximum atomic E-state index is 12.6. The van der Waals surface area contributed by atoms with Crippen molar-refractivity contribution in [3.8, 4) is 0 Å². The van der Waals surface area contributed by atoms with E-state index in [1.54, 1.807) is 0 Å². The third-order valence-electron chi connectivity index (χ3n) is 6.75.